The molecular weight excluding hydrogens is 443 g/mol. The van der Waals surface area contributed by atoms with Gasteiger partial charge in [0.05, 0.1) is 29.0 Å². The molecule has 1 amide bonds. The zero-order chi connectivity index (χ0) is 21.3. The second kappa shape index (κ2) is 8.18. The zero-order valence-corrected chi connectivity index (χ0v) is 18.5. The van der Waals surface area contributed by atoms with Gasteiger partial charge < -0.3 is 18.9 Å². The van der Waals surface area contributed by atoms with Gasteiger partial charge in [-0.05, 0) is 61.3 Å². The molecule has 3 rings (SSSR count). The molecule has 0 saturated carbocycles. The van der Waals surface area contributed by atoms with E-state index in [1.165, 1.54) is 12.1 Å². The van der Waals surface area contributed by atoms with Crippen LogP contribution in [0.5, 0.6) is 0 Å². The largest absolute Gasteiger partial charge is 0.462 e. The van der Waals surface area contributed by atoms with Crippen LogP contribution in [0.15, 0.2) is 28.9 Å². The van der Waals surface area contributed by atoms with Gasteiger partial charge in [0, 0.05) is 18.7 Å². The maximum Gasteiger partial charge on any atom is 0.410 e. The number of aromatic nitrogens is 1. The van der Waals surface area contributed by atoms with Crippen LogP contribution in [0.4, 0.5) is 9.18 Å². The Bertz CT molecular complexity index is 949. The third-order valence-electron chi connectivity index (χ3n) is 4.49. The highest BCUT2D eigenvalue weighted by Crippen LogP contribution is 2.39. The fraction of sp³-hybridized carbons (Fsp3) is 0.429. The minimum Gasteiger partial charge on any atom is -0.462 e. The third kappa shape index (κ3) is 4.47. The van der Waals surface area contributed by atoms with Crippen molar-refractivity contribution in [1.29, 1.82) is 0 Å². The lowest BCUT2D eigenvalue weighted by atomic mass is 10.0. The third-order valence-corrected chi connectivity index (χ3v) is 5.31. The topological polar surface area (TPSA) is 60.8 Å². The zero-order valence-electron chi connectivity index (χ0n) is 16.9. The molecule has 0 radical (unpaired) electrons. The second-order valence-electron chi connectivity index (χ2n) is 7.77. The highest BCUT2D eigenvalue weighted by molar-refractivity contribution is 9.10. The van der Waals surface area contributed by atoms with E-state index in [1.807, 2.05) is 4.57 Å². The average molecular weight is 467 g/mol. The minimum atomic E-state index is -0.617. The monoisotopic (exact) mass is 466 g/mol. The van der Waals surface area contributed by atoms with Crippen LogP contribution < -0.4 is 0 Å². The summed E-state index contributed by atoms with van der Waals surface area (Å²) in [5.74, 6) is -0.906. The van der Waals surface area contributed by atoms with Crippen LogP contribution in [0, 0.1) is 5.82 Å². The van der Waals surface area contributed by atoms with Gasteiger partial charge in [0.15, 0.2) is 0 Å². The van der Waals surface area contributed by atoms with Crippen LogP contribution in [0.2, 0.25) is 0 Å². The molecule has 0 N–H and O–H groups in total. The SMILES string of the molecule is CCOC(=O)c1c(-c2cccc(F)c2)c(Br)n2c1CN(C(=O)OC(C)(C)C)CC2. The minimum absolute atomic E-state index is 0.191. The van der Waals surface area contributed by atoms with Gasteiger partial charge in [-0.15, -0.1) is 0 Å². The summed E-state index contributed by atoms with van der Waals surface area (Å²) in [5.41, 5.74) is 1.47. The molecule has 1 aliphatic heterocycles. The second-order valence-corrected chi connectivity index (χ2v) is 8.52. The van der Waals surface area contributed by atoms with E-state index in [0.717, 1.165) is 0 Å². The molecule has 0 bridgehead atoms. The normalized spacial score (nSPS) is 13.8. The number of rotatable bonds is 3. The first-order chi connectivity index (χ1) is 13.6. The van der Waals surface area contributed by atoms with E-state index < -0.39 is 23.5 Å². The van der Waals surface area contributed by atoms with Crippen molar-refractivity contribution in [2.75, 3.05) is 13.2 Å². The summed E-state index contributed by atoms with van der Waals surface area (Å²) in [5, 5.41) is 0. The lowest BCUT2D eigenvalue weighted by molar-refractivity contribution is 0.0194. The van der Waals surface area contributed by atoms with Crippen LogP contribution in [0.25, 0.3) is 11.1 Å². The van der Waals surface area contributed by atoms with E-state index in [0.29, 0.717) is 40.1 Å². The Morgan fingerprint density at radius 2 is 1.97 bits per heavy atom. The molecule has 1 aromatic carbocycles. The van der Waals surface area contributed by atoms with Crippen molar-refractivity contribution >= 4 is 28.0 Å². The number of ether oxygens (including phenoxy) is 2. The molecule has 2 aromatic rings. The molecule has 6 nitrogen and oxygen atoms in total. The highest BCUT2D eigenvalue weighted by Gasteiger charge is 2.34. The van der Waals surface area contributed by atoms with Gasteiger partial charge in [-0.25, -0.2) is 14.0 Å². The lowest BCUT2D eigenvalue weighted by Crippen LogP contribution is -2.41. The molecule has 0 aliphatic carbocycles. The number of carbonyl (C=O) groups is 2. The number of hydrogen-bond acceptors (Lipinski definition) is 4. The molecule has 0 saturated heterocycles. The molecule has 0 unspecified atom stereocenters. The van der Waals surface area contributed by atoms with Crippen LogP contribution in [0.3, 0.4) is 0 Å². The first-order valence-corrected chi connectivity index (χ1v) is 10.2. The fourth-order valence-electron chi connectivity index (χ4n) is 3.33. The predicted octanol–water partition coefficient (Wildman–Crippen LogP) is 4.98. The van der Waals surface area contributed by atoms with Crippen LogP contribution >= 0.6 is 15.9 Å². The van der Waals surface area contributed by atoms with E-state index in [4.69, 9.17) is 9.47 Å². The quantitative estimate of drug-likeness (QED) is 0.598. The van der Waals surface area contributed by atoms with Crippen molar-refractivity contribution in [1.82, 2.24) is 9.47 Å². The molecule has 1 aromatic heterocycles. The first-order valence-electron chi connectivity index (χ1n) is 9.44. The number of halogens is 2. The van der Waals surface area contributed by atoms with Gasteiger partial charge in [0.2, 0.25) is 0 Å². The van der Waals surface area contributed by atoms with Gasteiger partial charge >= 0.3 is 12.1 Å². The molecule has 2 heterocycles. The van der Waals surface area contributed by atoms with Crippen LogP contribution in [-0.4, -0.2) is 40.3 Å². The Labute approximate surface area is 177 Å². The number of hydrogen-bond donors (Lipinski definition) is 0. The predicted molar refractivity (Wildman–Crippen MR) is 110 cm³/mol. The van der Waals surface area contributed by atoms with Gasteiger partial charge in [0.25, 0.3) is 0 Å². The van der Waals surface area contributed by atoms with E-state index in [1.54, 1.807) is 44.7 Å². The summed E-state index contributed by atoms with van der Waals surface area (Å²) in [6, 6.07) is 6.06. The van der Waals surface area contributed by atoms with Crippen molar-refractivity contribution in [3.63, 3.8) is 0 Å². The highest BCUT2D eigenvalue weighted by atomic mass is 79.9. The van der Waals surface area contributed by atoms with Gasteiger partial charge in [0.1, 0.15) is 11.4 Å². The van der Waals surface area contributed by atoms with E-state index in [2.05, 4.69) is 15.9 Å². The number of nitrogens with zero attached hydrogens (tertiary/aromatic N) is 2. The summed E-state index contributed by atoms with van der Waals surface area (Å²) < 4.78 is 27.2. The van der Waals surface area contributed by atoms with Gasteiger partial charge in [-0.3, -0.25) is 0 Å². The number of fused-ring (bicyclic) bond motifs is 1. The molecule has 156 valence electrons. The Morgan fingerprint density at radius 3 is 2.59 bits per heavy atom. The number of carbonyl (C=O) groups excluding carboxylic acids is 2. The van der Waals surface area contributed by atoms with Gasteiger partial charge in [-0.2, -0.15) is 0 Å². The molecule has 0 spiro atoms. The Kier molecular flexibility index (Phi) is 6.03. The van der Waals surface area contributed by atoms with Crippen LogP contribution in [-0.2, 0) is 22.6 Å². The smallest absolute Gasteiger partial charge is 0.410 e. The Morgan fingerprint density at radius 1 is 1.24 bits per heavy atom. The van der Waals surface area contributed by atoms with Crippen molar-refractivity contribution in [2.24, 2.45) is 0 Å². The first kappa shape index (κ1) is 21.4. The standard InChI is InChI=1S/C21H24BrFN2O4/c1-5-28-19(26)17-15-12-24(20(27)29-21(2,3)4)9-10-25(15)18(22)16(17)13-7-6-8-14(23)11-13/h6-8,11H,5,9-10,12H2,1-4H3. The molecule has 0 fully saturated rings. The maximum atomic E-state index is 13.9. The summed E-state index contributed by atoms with van der Waals surface area (Å²) in [4.78, 5) is 26.9. The van der Waals surface area contributed by atoms with Crippen molar-refractivity contribution in [3.05, 3.63) is 45.9 Å². The Hall–Kier alpha value is -2.35. The number of amides is 1. The molecule has 29 heavy (non-hydrogen) atoms. The molecular formula is C21H24BrFN2O4. The van der Waals surface area contributed by atoms with Crippen molar-refractivity contribution in [3.8, 4) is 11.1 Å². The van der Waals surface area contributed by atoms with Crippen molar-refractivity contribution in [2.45, 2.75) is 46.4 Å². The molecule has 0 atom stereocenters. The van der Waals surface area contributed by atoms with E-state index >= 15 is 0 Å². The van der Waals surface area contributed by atoms with E-state index in [-0.39, 0.29) is 13.2 Å². The summed E-state index contributed by atoms with van der Waals surface area (Å²) in [6.07, 6.45) is -0.441. The van der Waals surface area contributed by atoms with Crippen LogP contribution in [0.1, 0.15) is 43.7 Å². The summed E-state index contributed by atoms with van der Waals surface area (Å²) in [7, 11) is 0. The summed E-state index contributed by atoms with van der Waals surface area (Å²) in [6.45, 7) is 8.44. The number of benzene rings is 1. The molecule has 1 aliphatic rings. The maximum absolute atomic E-state index is 13.9. The lowest BCUT2D eigenvalue weighted by Gasteiger charge is -2.31. The Balaban J connectivity index is 2.08. The van der Waals surface area contributed by atoms with E-state index in [9.17, 15) is 14.0 Å². The average Bonchev–Trinajstić information content (AvgIpc) is 2.92. The number of esters is 1. The van der Waals surface area contributed by atoms with Crippen molar-refractivity contribution < 1.29 is 23.5 Å². The fourth-order valence-corrected chi connectivity index (χ4v) is 4.15. The van der Waals surface area contributed by atoms with Gasteiger partial charge in [-0.1, -0.05) is 12.1 Å². The molecule has 8 heteroatoms. The summed E-state index contributed by atoms with van der Waals surface area (Å²) >= 11 is 3.57.